The average molecular weight is 418 g/mol. The van der Waals surface area contributed by atoms with E-state index in [2.05, 4.69) is 16.2 Å². The van der Waals surface area contributed by atoms with Gasteiger partial charge in [0.25, 0.3) is 11.8 Å². The first-order valence-corrected chi connectivity index (χ1v) is 8.90. The van der Waals surface area contributed by atoms with E-state index in [1.54, 1.807) is 7.11 Å². The third kappa shape index (κ3) is 6.85. The topological polar surface area (TPSA) is 124 Å². The van der Waals surface area contributed by atoms with Gasteiger partial charge in [-0.2, -0.15) is 0 Å². The molecule has 0 unspecified atom stereocenters. The van der Waals surface area contributed by atoms with Crippen LogP contribution in [0, 0.1) is 0 Å². The van der Waals surface area contributed by atoms with Gasteiger partial charge in [0.1, 0.15) is 5.75 Å². The first-order chi connectivity index (χ1) is 13.9. The van der Waals surface area contributed by atoms with Crippen molar-refractivity contribution in [3.63, 3.8) is 0 Å². The molecule has 154 valence electrons. The first-order valence-electron chi connectivity index (χ1n) is 8.49. The fourth-order valence-electron chi connectivity index (χ4n) is 2.23. The van der Waals surface area contributed by atoms with E-state index in [4.69, 9.17) is 32.2 Å². The summed E-state index contributed by atoms with van der Waals surface area (Å²) in [5.41, 5.74) is 11.5. The van der Waals surface area contributed by atoms with Crippen LogP contribution in [0.25, 0.3) is 0 Å². The predicted octanol–water partition coefficient (Wildman–Crippen LogP) is 0.877. The second-order valence-corrected chi connectivity index (χ2v) is 6.14. The number of nitrogens with two attached hydrogens (primary N) is 1. The van der Waals surface area contributed by atoms with Crippen LogP contribution in [0.4, 0.5) is 0 Å². The Kier molecular flexibility index (Phi) is 8.04. The van der Waals surface area contributed by atoms with Crippen molar-refractivity contribution in [2.75, 3.05) is 20.8 Å². The molecule has 2 amide bonds. The zero-order valence-electron chi connectivity index (χ0n) is 16.0. The number of primary amides is 1. The molecular formula is C19H22N4O5S. The zero-order valence-corrected chi connectivity index (χ0v) is 16.8. The zero-order chi connectivity index (χ0) is 21.2. The Morgan fingerprint density at radius 1 is 1.00 bits per heavy atom. The normalized spacial score (nSPS) is 9.86. The lowest BCUT2D eigenvalue weighted by Gasteiger charge is -2.13. The van der Waals surface area contributed by atoms with Gasteiger partial charge in [0.15, 0.2) is 23.2 Å². The third-order valence-corrected chi connectivity index (χ3v) is 3.94. The van der Waals surface area contributed by atoms with Crippen molar-refractivity contribution >= 4 is 29.1 Å². The summed E-state index contributed by atoms with van der Waals surface area (Å²) in [4.78, 5) is 23.1. The maximum Gasteiger partial charge on any atom is 0.269 e. The van der Waals surface area contributed by atoms with E-state index in [1.807, 2.05) is 24.3 Å². The highest BCUT2D eigenvalue weighted by Crippen LogP contribution is 2.27. The quantitative estimate of drug-likeness (QED) is 0.368. The van der Waals surface area contributed by atoms with Crippen LogP contribution in [0.15, 0.2) is 42.5 Å². The molecule has 29 heavy (non-hydrogen) atoms. The molecule has 0 bridgehead atoms. The molecule has 2 aromatic rings. The van der Waals surface area contributed by atoms with Gasteiger partial charge in [0, 0.05) is 12.1 Å². The smallest absolute Gasteiger partial charge is 0.269 e. The van der Waals surface area contributed by atoms with E-state index in [-0.39, 0.29) is 11.7 Å². The second-order valence-electron chi connectivity index (χ2n) is 5.73. The molecule has 10 heteroatoms. The number of carbonyl (C=O) groups is 2. The van der Waals surface area contributed by atoms with E-state index in [0.717, 1.165) is 11.3 Å². The number of benzene rings is 2. The molecule has 0 fully saturated rings. The van der Waals surface area contributed by atoms with Crippen LogP contribution in [-0.4, -0.2) is 37.8 Å². The fourth-order valence-corrected chi connectivity index (χ4v) is 2.36. The number of hydrogen-bond donors (Lipinski definition) is 4. The number of thiocarbonyl (C=S) groups is 1. The van der Waals surface area contributed by atoms with E-state index < -0.39 is 11.8 Å². The Morgan fingerprint density at radius 3 is 2.34 bits per heavy atom. The molecule has 2 aromatic carbocycles. The predicted molar refractivity (Wildman–Crippen MR) is 111 cm³/mol. The van der Waals surface area contributed by atoms with E-state index >= 15 is 0 Å². The highest BCUT2D eigenvalue weighted by atomic mass is 32.1. The van der Waals surface area contributed by atoms with E-state index in [1.165, 1.54) is 25.3 Å². The SMILES string of the molecule is COc1ccc(CNC(=S)NNC(=O)c2ccc(OCC(N)=O)c(OC)c2)cc1. The van der Waals surface area contributed by atoms with Crippen molar-refractivity contribution in [1.82, 2.24) is 16.2 Å². The number of carbonyl (C=O) groups excluding carboxylic acids is 2. The summed E-state index contributed by atoms with van der Waals surface area (Å²) in [5, 5.41) is 3.23. The van der Waals surface area contributed by atoms with Gasteiger partial charge in [-0.1, -0.05) is 12.1 Å². The molecule has 0 aliphatic rings. The summed E-state index contributed by atoms with van der Waals surface area (Å²) in [7, 11) is 3.02. The van der Waals surface area contributed by atoms with Crippen LogP contribution in [0.5, 0.6) is 17.2 Å². The molecule has 9 nitrogen and oxygen atoms in total. The average Bonchev–Trinajstić information content (AvgIpc) is 2.74. The molecule has 0 atom stereocenters. The Morgan fingerprint density at radius 2 is 1.72 bits per heavy atom. The summed E-state index contributed by atoms with van der Waals surface area (Å²) < 4.78 is 15.5. The van der Waals surface area contributed by atoms with Crippen LogP contribution in [0.1, 0.15) is 15.9 Å². The first kappa shape index (κ1) is 21.8. The molecule has 0 saturated heterocycles. The Hall–Kier alpha value is -3.53. The summed E-state index contributed by atoms with van der Waals surface area (Å²) >= 11 is 5.15. The lowest BCUT2D eigenvalue weighted by molar-refractivity contribution is -0.119. The number of hydrazine groups is 1. The largest absolute Gasteiger partial charge is 0.497 e. The number of rotatable bonds is 8. The second kappa shape index (κ2) is 10.7. The van der Waals surface area contributed by atoms with E-state index in [0.29, 0.717) is 23.6 Å². The maximum absolute atomic E-state index is 12.3. The minimum absolute atomic E-state index is 0.252. The monoisotopic (exact) mass is 418 g/mol. The van der Waals surface area contributed by atoms with Crippen molar-refractivity contribution in [3.8, 4) is 17.2 Å². The molecule has 0 heterocycles. The van der Waals surface area contributed by atoms with Crippen LogP contribution >= 0.6 is 12.2 Å². The van der Waals surface area contributed by atoms with Crippen molar-refractivity contribution in [2.45, 2.75) is 6.54 Å². The van der Waals surface area contributed by atoms with Crippen molar-refractivity contribution in [3.05, 3.63) is 53.6 Å². The Bertz CT molecular complexity index is 873. The van der Waals surface area contributed by atoms with Gasteiger partial charge in [0.05, 0.1) is 14.2 Å². The molecule has 2 rings (SSSR count). The van der Waals surface area contributed by atoms with Gasteiger partial charge >= 0.3 is 0 Å². The highest BCUT2D eigenvalue weighted by Gasteiger charge is 2.12. The summed E-state index contributed by atoms with van der Waals surface area (Å²) in [6.45, 7) is 0.184. The number of ether oxygens (including phenoxy) is 3. The summed E-state index contributed by atoms with van der Waals surface area (Å²) in [6, 6.07) is 12.0. The summed E-state index contributed by atoms with van der Waals surface area (Å²) in [6.07, 6.45) is 0. The van der Waals surface area contributed by atoms with Crippen LogP contribution < -0.4 is 36.1 Å². The number of nitrogens with one attached hydrogen (secondary N) is 3. The standard InChI is InChI=1S/C19H22N4O5S/c1-26-14-6-3-12(4-7-14)10-21-19(29)23-22-18(25)13-5-8-15(16(9-13)27-2)28-11-17(20)24/h3-9H,10-11H2,1-2H3,(H2,20,24)(H,22,25)(H2,21,23,29). The summed E-state index contributed by atoms with van der Waals surface area (Å²) in [5.74, 6) is 0.307. The van der Waals surface area contributed by atoms with Crippen LogP contribution in [-0.2, 0) is 11.3 Å². The van der Waals surface area contributed by atoms with Gasteiger partial charge in [-0.25, -0.2) is 0 Å². The van der Waals surface area contributed by atoms with Crippen molar-refractivity contribution in [1.29, 1.82) is 0 Å². The molecule has 0 saturated carbocycles. The number of methoxy groups -OCH3 is 2. The lowest BCUT2D eigenvalue weighted by Crippen LogP contribution is -2.46. The highest BCUT2D eigenvalue weighted by molar-refractivity contribution is 7.80. The van der Waals surface area contributed by atoms with Gasteiger partial charge < -0.3 is 25.3 Å². The molecule has 0 spiro atoms. The molecule has 0 aliphatic heterocycles. The maximum atomic E-state index is 12.3. The molecule has 0 radical (unpaired) electrons. The van der Waals surface area contributed by atoms with Gasteiger partial charge in [0.2, 0.25) is 0 Å². The Balaban J connectivity index is 1.85. The molecular weight excluding hydrogens is 396 g/mol. The minimum Gasteiger partial charge on any atom is -0.497 e. The molecule has 0 aromatic heterocycles. The van der Waals surface area contributed by atoms with E-state index in [9.17, 15) is 9.59 Å². The van der Waals surface area contributed by atoms with Crippen molar-refractivity contribution in [2.24, 2.45) is 5.73 Å². The number of amides is 2. The number of hydrogen-bond acceptors (Lipinski definition) is 6. The van der Waals surface area contributed by atoms with Gasteiger partial charge in [-0.3, -0.25) is 20.4 Å². The fraction of sp³-hybridized carbons (Fsp3) is 0.211. The van der Waals surface area contributed by atoms with Crippen LogP contribution in [0.2, 0.25) is 0 Å². The van der Waals surface area contributed by atoms with Crippen LogP contribution in [0.3, 0.4) is 0 Å². The lowest BCUT2D eigenvalue weighted by atomic mass is 10.2. The van der Waals surface area contributed by atoms with Gasteiger partial charge in [-0.15, -0.1) is 0 Å². The van der Waals surface area contributed by atoms with Crippen molar-refractivity contribution < 1.29 is 23.8 Å². The minimum atomic E-state index is -0.617. The Labute approximate surface area is 173 Å². The third-order valence-electron chi connectivity index (χ3n) is 3.70. The molecule has 0 aliphatic carbocycles. The molecule has 5 N–H and O–H groups in total. The van der Waals surface area contributed by atoms with Gasteiger partial charge in [-0.05, 0) is 48.1 Å².